The lowest BCUT2D eigenvalue weighted by molar-refractivity contribution is -0.111. The summed E-state index contributed by atoms with van der Waals surface area (Å²) >= 11 is 0. The molecule has 28 heavy (non-hydrogen) atoms. The van der Waals surface area contributed by atoms with E-state index < -0.39 is 11.7 Å². The number of aromatic nitrogens is 5. The van der Waals surface area contributed by atoms with E-state index in [0.29, 0.717) is 16.9 Å². The summed E-state index contributed by atoms with van der Waals surface area (Å²) in [6.07, 6.45) is 7.91. The van der Waals surface area contributed by atoms with Gasteiger partial charge in [-0.05, 0) is 24.3 Å². The molecule has 0 radical (unpaired) electrons. The molecule has 0 bridgehead atoms. The predicted molar refractivity (Wildman–Crippen MR) is 100 cm³/mol. The molecule has 1 amide bonds. The van der Waals surface area contributed by atoms with Crippen molar-refractivity contribution in [1.29, 1.82) is 0 Å². The Labute approximate surface area is 158 Å². The standard InChI is InChI=1S/C19H15FN6O2/c1-3-18(27)23-13-4-5-14(20)17(8-13)28-19-16-6-7-21-26(16)11-15(24-19)12-9-22-25(2)10-12/h3-11H,1H2,2H3,(H,23,27). The van der Waals surface area contributed by atoms with Crippen molar-refractivity contribution >= 4 is 17.1 Å². The molecule has 3 heterocycles. The number of ether oxygens (including phenoxy) is 1. The van der Waals surface area contributed by atoms with E-state index in [1.807, 2.05) is 0 Å². The van der Waals surface area contributed by atoms with Gasteiger partial charge in [0.05, 0.1) is 24.3 Å². The maximum atomic E-state index is 14.3. The fourth-order valence-electron chi connectivity index (χ4n) is 2.62. The van der Waals surface area contributed by atoms with Crippen molar-refractivity contribution < 1.29 is 13.9 Å². The highest BCUT2D eigenvalue weighted by Gasteiger charge is 2.15. The van der Waals surface area contributed by atoms with Crippen molar-refractivity contribution in [3.63, 3.8) is 0 Å². The molecule has 1 aromatic carbocycles. The minimum absolute atomic E-state index is 0.0826. The van der Waals surface area contributed by atoms with Crippen molar-refractivity contribution in [1.82, 2.24) is 24.4 Å². The molecule has 0 aliphatic rings. The summed E-state index contributed by atoms with van der Waals surface area (Å²) in [5, 5.41) is 10.9. The summed E-state index contributed by atoms with van der Waals surface area (Å²) in [7, 11) is 1.80. The van der Waals surface area contributed by atoms with Gasteiger partial charge in [0, 0.05) is 30.6 Å². The molecular weight excluding hydrogens is 363 g/mol. The first kappa shape index (κ1) is 17.4. The van der Waals surface area contributed by atoms with E-state index in [0.717, 1.165) is 11.6 Å². The van der Waals surface area contributed by atoms with Crippen molar-refractivity contribution in [2.45, 2.75) is 0 Å². The van der Waals surface area contributed by atoms with Gasteiger partial charge in [0.15, 0.2) is 11.6 Å². The van der Waals surface area contributed by atoms with Gasteiger partial charge in [-0.1, -0.05) is 6.58 Å². The number of anilines is 1. The van der Waals surface area contributed by atoms with Gasteiger partial charge in [0.25, 0.3) is 0 Å². The molecule has 140 valence electrons. The number of fused-ring (bicyclic) bond motifs is 1. The third-order valence-electron chi connectivity index (χ3n) is 3.95. The van der Waals surface area contributed by atoms with Crippen molar-refractivity contribution in [3.05, 3.63) is 67.5 Å². The molecule has 4 aromatic rings. The summed E-state index contributed by atoms with van der Waals surface area (Å²) in [4.78, 5) is 16.0. The molecule has 0 atom stereocenters. The second-order valence-electron chi connectivity index (χ2n) is 5.94. The molecule has 0 aliphatic carbocycles. The molecule has 0 unspecified atom stereocenters. The van der Waals surface area contributed by atoms with Gasteiger partial charge in [-0.25, -0.2) is 13.9 Å². The van der Waals surface area contributed by atoms with Crippen LogP contribution >= 0.6 is 0 Å². The molecule has 0 spiro atoms. The fraction of sp³-hybridized carbons (Fsp3) is 0.0526. The largest absolute Gasteiger partial charge is 0.434 e. The maximum absolute atomic E-state index is 14.3. The fourth-order valence-corrected chi connectivity index (χ4v) is 2.62. The van der Waals surface area contributed by atoms with E-state index in [9.17, 15) is 9.18 Å². The summed E-state index contributed by atoms with van der Waals surface area (Å²) in [5.41, 5.74) is 2.26. The van der Waals surface area contributed by atoms with Crippen LogP contribution in [0.15, 0.2) is 61.7 Å². The Morgan fingerprint density at radius 2 is 2.14 bits per heavy atom. The number of hydrogen-bond acceptors (Lipinski definition) is 5. The Hall–Kier alpha value is -4.01. The number of amides is 1. The highest BCUT2D eigenvalue weighted by atomic mass is 19.1. The molecule has 0 saturated carbocycles. The van der Waals surface area contributed by atoms with Crippen LogP contribution in [0.3, 0.4) is 0 Å². The molecule has 4 rings (SSSR count). The maximum Gasteiger partial charge on any atom is 0.247 e. The van der Waals surface area contributed by atoms with Gasteiger partial charge >= 0.3 is 0 Å². The quantitative estimate of drug-likeness (QED) is 0.539. The van der Waals surface area contributed by atoms with Crippen LogP contribution in [0.5, 0.6) is 11.6 Å². The van der Waals surface area contributed by atoms with Crippen LogP contribution in [-0.4, -0.2) is 30.3 Å². The third kappa shape index (κ3) is 3.32. The van der Waals surface area contributed by atoms with Gasteiger partial charge in [0.2, 0.25) is 11.8 Å². The van der Waals surface area contributed by atoms with E-state index in [1.54, 1.807) is 47.1 Å². The first-order valence-electron chi connectivity index (χ1n) is 8.28. The molecule has 9 heteroatoms. The first-order valence-corrected chi connectivity index (χ1v) is 8.28. The second kappa shape index (κ2) is 6.95. The summed E-state index contributed by atoms with van der Waals surface area (Å²) in [6, 6.07) is 5.71. The van der Waals surface area contributed by atoms with Gasteiger partial charge in [0.1, 0.15) is 5.52 Å². The molecule has 1 N–H and O–H groups in total. The number of benzene rings is 1. The molecular formula is C19H15FN6O2. The average molecular weight is 378 g/mol. The molecule has 0 saturated heterocycles. The zero-order chi connectivity index (χ0) is 19.7. The second-order valence-corrected chi connectivity index (χ2v) is 5.94. The summed E-state index contributed by atoms with van der Waals surface area (Å²) < 4.78 is 23.3. The molecule has 3 aromatic heterocycles. The number of rotatable bonds is 5. The minimum atomic E-state index is -0.595. The monoisotopic (exact) mass is 378 g/mol. The highest BCUT2D eigenvalue weighted by molar-refractivity contribution is 5.98. The number of carbonyl (C=O) groups is 1. The predicted octanol–water partition coefficient (Wildman–Crippen LogP) is 3.19. The van der Waals surface area contributed by atoms with Crippen LogP contribution < -0.4 is 10.1 Å². The van der Waals surface area contributed by atoms with Gasteiger partial charge in [-0.2, -0.15) is 10.2 Å². The van der Waals surface area contributed by atoms with Crippen LogP contribution in [0.2, 0.25) is 0 Å². The third-order valence-corrected chi connectivity index (χ3v) is 3.95. The molecule has 8 nitrogen and oxygen atoms in total. The van der Waals surface area contributed by atoms with E-state index in [-0.39, 0.29) is 11.6 Å². The Balaban J connectivity index is 1.75. The van der Waals surface area contributed by atoms with E-state index in [2.05, 4.69) is 27.1 Å². The Morgan fingerprint density at radius 1 is 1.29 bits per heavy atom. The van der Waals surface area contributed by atoms with Crippen molar-refractivity contribution in [2.24, 2.45) is 7.05 Å². The SMILES string of the molecule is C=CC(=O)Nc1ccc(F)c(Oc2nc(-c3cnn(C)c3)cn3nccc23)c1. The Bertz CT molecular complexity index is 1200. The number of aryl methyl sites for hydroxylation is 1. The number of nitrogens with one attached hydrogen (secondary N) is 1. The van der Waals surface area contributed by atoms with Gasteiger partial charge < -0.3 is 10.1 Å². The Kier molecular flexibility index (Phi) is 4.32. The lowest BCUT2D eigenvalue weighted by Gasteiger charge is -2.11. The van der Waals surface area contributed by atoms with Crippen LogP contribution in [0.4, 0.5) is 10.1 Å². The van der Waals surface area contributed by atoms with Crippen LogP contribution in [0.25, 0.3) is 16.8 Å². The van der Waals surface area contributed by atoms with Crippen LogP contribution in [0.1, 0.15) is 0 Å². The number of hydrogen-bond donors (Lipinski definition) is 1. The van der Waals surface area contributed by atoms with E-state index >= 15 is 0 Å². The van der Waals surface area contributed by atoms with Crippen molar-refractivity contribution in [2.75, 3.05) is 5.32 Å². The zero-order valence-corrected chi connectivity index (χ0v) is 14.8. The van der Waals surface area contributed by atoms with Crippen LogP contribution in [0, 0.1) is 5.82 Å². The lowest BCUT2D eigenvalue weighted by atomic mass is 10.2. The van der Waals surface area contributed by atoms with Crippen LogP contribution in [-0.2, 0) is 11.8 Å². The minimum Gasteiger partial charge on any atom is -0.434 e. The Morgan fingerprint density at radius 3 is 2.89 bits per heavy atom. The number of halogens is 1. The normalized spacial score (nSPS) is 10.8. The molecule has 0 aliphatic heterocycles. The smallest absolute Gasteiger partial charge is 0.247 e. The summed E-state index contributed by atoms with van der Waals surface area (Å²) in [5.74, 6) is -0.916. The highest BCUT2D eigenvalue weighted by Crippen LogP contribution is 2.31. The zero-order valence-electron chi connectivity index (χ0n) is 14.8. The van der Waals surface area contributed by atoms with Crippen molar-refractivity contribution in [3.8, 4) is 22.9 Å². The van der Waals surface area contributed by atoms with E-state index in [4.69, 9.17) is 4.74 Å². The van der Waals surface area contributed by atoms with Gasteiger partial charge in [-0.3, -0.25) is 9.48 Å². The summed E-state index contributed by atoms with van der Waals surface area (Å²) in [6.45, 7) is 3.39. The number of nitrogens with zero attached hydrogens (tertiary/aromatic N) is 5. The average Bonchev–Trinajstić information content (AvgIpc) is 3.33. The number of carbonyl (C=O) groups excluding carboxylic acids is 1. The van der Waals surface area contributed by atoms with Gasteiger partial charge in [-0.15, -0.1) is 0 Å². The van der Waals surface area contributed by atoms with E-state index in [1.165, 1.54) is 18.2 Å². The first-order chi connectivity index (χ1) is 13.5. The molecule has 0 fully saturated rings. The lowest BCUT2D eigenvalue weighted by Crippen LogP contribution is -2.07. The topological polar surface area (TPSA) is 86.3 Å².